The van der Waals surface area contributed by atoms with Gasteiger partial charge in [-0.25, -0.2) is 0 Å². The normalized spacial score (nSPS) is 63.6. The molecular formula is C68H106Br3ClN7Si-. The van der Waals surface area contributed by atoms with Crippen molar-refractivity contribution in [2.24, 2.45) is 177 Å². The molecule has 28 rings (SSSR count). The average molecular weight is 1320 g/mol. The quantitative estimate of drug-likeness (QED) is 0.0881. The highest BCUT2D eigenvalue weighted by molar-refractivity contribution is 9.93. The molecule has 28 aliphatic rings. The summed E-state index contributed by atoms with van der Waals surface area (Å²) >= 11 is 16.0. The number of azide groups is 2. The van der Waals surface area contributed by atoms with E-state index in [1.165, 1.54) is 119 Å². The Balaban J connectivity index is 0.0000000913. The lowest BCUT2D eigenvalue weighted by atomic mass is 9.29. The molecule has 28 saturated carbocycles. The van der Waals surface area contributed by atoms with Crippen LogP contribution in [-0.4, -0.2) is 23.6 Å². The van der Waals surface area contributed by atoms with Crippen LogP contribution in [0.15, 0.2) is 9.89 Å². The lowest BCUT2D eigenvalue weighted by molar-refractivity contribution is -0.259. The number of alkyl halides is 1. The van der Waals surface area contributed by atoms with Gasteiger partial charge in [0.2, 0.25) is 0 Å². The van der Waals surface area contributed by atoms with Crippen molar-refractivity contribution in [3.63, 3.8) is 0 Å². The molecule has 0 radical (unpaired) electrons. The summed E-state index contributed by atoms with van der Waals surface area (Å²) < 4.78 is 4.15. The molecule has 28 fully saturated rings. The van der Waals surface area contributed by atoms with Crippen LogP contribution in [0.2, 0.25) is 19.6 Å². The molecule has 12 atom stereocenters. The minimum atomic E-state index is -1.45. The Morgan fingerprint density at radius 2 is 0.650 bits per heavy atom. The Hall–Kier alpha value is 0.527. The van der Waals surface area contributed by atoms with Crippen molar-refractivity contribution in [1.82, 2.24) is 0 Å². The van der Waals surface area contributed by atoms with Crippen LogP contribution < -0.4 is 0 Å². The smallest absolute Gasteiger partial charge is 0.146 e. The molecule has 0 heterocycles. The molecule has 12 unspecified atom stereocenters. The average Bonchev–Trinajstić information content (AvgIpc) is 3.40. The largest absolute Gasteiger partial charge is 0.569 e. The Labute approximate surface area is 515 Å². The topological polar surface area (TPSA) is 112 Å². The van der Waals surface area contributed by atoms with Crippen LogP contribution in [0.3, 0.4) is 0 Å². The van der Waals surface area contributed by atoms with Gasteiger partial charge in [-0.2, -0.15) is 0 Å². The van der Waals surface area contributed by atoms with Crippen molar-refractivity contribution in [2.45, 2.75) is 252 Å². The lowest BCUT2D eigenvalue weighted by Gasteiger charge is -2.82. The predicted octanol–water partition coefficient (Wildman–Crippen LogP) is 22.5. The van der Waals surface area contributed by atoms with Gasteiger partial charge in [-0.3, -0.25) is 11.8 Å². The third kappa shape index (κ3) is 8.02. The highest BCUT2D eigenvalue weighted by Gasteiger charge is 2.77. The Bertz CT molecular complexity index is 2470. The number of hydrogen-bond donors (Lipinski definition) is 0. The van der Waals surface area contributed by atoms with Gasteiger partial charge < -0.3 is 4.84 Å². The van der Waals surface area contributed by atoms with Crippen molar-refractivity contribution >= 4 is 64.2 Å². The maximum absolute atomic E-state index is 9.17. The molecule has 80 heavy (non-hydrogen) atoms. The SMILES string of the molecule is BrBr.C.CC12CC3C4CC5(C)CC3C(C1)C(Br)(C5)C4C2.CC12CC3C4CC5(C)CC3C(C1)C(C5)C4C2.CC12CC3C4CC5(C)CC3C(C1)C(N=[N+]=[N-])(C5)C4C2.CC12CC3C4CC5(C)CC3C(C1)C([N-]Cl)(C5)C4C2.C[Si](C)(C)N=[N+]=[N-]. The number of halogens is 4. The summed E-state index contributed by atoms with van der Waals surface area (Å²) in [6, 6.07) is 0. The first-order valence-corrected chi connectivity index (χ1v) is 41.6. The second kappa shape index (κ2) is 18.1. The van der Waals surface area contributed by atoms with E-state index in [2.05, 4.69) is 124 Å². The van der Waals surface area contributed by atoms with Crippen LogP contribution in [0.1, 0.15) is 217 Å². The van der Waals surface area contributed by atoms with E-state index < -0.39 is 8.24 Å². The van der Waals surface area contributed by atoms with Crippen LogP contribution in [-0.2, 0) is 0 Å². The lowest BCUT2D eigenvalue weighted by Crippen LogP contribution is -2.73. The molecule has 0 spiro atoms. The zero-order valence-electron chi connectivity index (χ0n) is 50.7. The Morgan fingerprint density at radius 1 is 0.388 bits per heavy atom. The van der Waals surface area contributed by atoms with E-state index in [0.717, 1.165) is 105 Å². The standard InChI is InChI=1S/C16H23Br.C16H23ClN.C16H23N3.C16H24.C3H9N3Si.CH4.Br2/c1-14-3-9-10-4-15(2)5-11(9)13(7-14)16(17,8-15)12(10)6-14;1-14-3-9-10-4-15(2)5-11(9)13(7-14)16(8-15,18-17)12(10)6-14;1-14-3-9-10-4-15(2)5-11(9)13(7-14)16(8-15,18-19-17)12(10)6-14;1-15-3-9-12-6-16(2)7-13(9)11(5-15)14(8-16)10(12)4-15;1-7(2,3)6-5-4;;1-2/h9-13H,3-8H2,1-2H3;9-13H,3-8H2,1-2H3;9-13H,3-8H2,1-2H3;9-14H,3-8H2,1-2H3;1-3H3;1H4;/q;-1;;;;;. The van der Waals surface area contributed by atoms with Crippen LogP contribution in [0.5, 0.6) is 0 Å². The van der Waals surface area contributed by atoms with E-state index in [9.17, 15) is 0 Å². The Morgan fingerprint density at radius 3 is 0.963 bits per heavy atom. The van der Waals surface area contributed by atoms with Gasteiger partial charge in [0.15, 0.2) is 0 Å². The zero-order valence-corrected chi connectivity index (χ0v) is 57.3. The number of rotatable bonds is 3. The maximum atomic E-state index is 9.17. The van der Waals surface area contributed by atoms with Gasteiger partial charge in [0.1, 0.15) is 8.24 Å². The minimum absolute atomic E-state index is 0. The van der Waals surface area contributed by atoms with Gasteiger partial charge in [-0.15, -0.1) is 10.3 Å². The minimum Gasteiger partial charge on any atom is -0.569 e. The second-order valence-corrected chi connectivity index (χ2v) is 44.6. The first-order chi connectivity index (χ1) is 37.0. The molecule has 7 nitrogen and oxygen atoms in total. The van der Waals surface area contributed by atoms with E-state index in [4.69, 9.17) is 22.8 Å². The van der Waals surface area contributed by atoms with Crippen LogP contribution >= 0.6 is 56.0 Å². The fourth-order valence-electron chi connectivity index (χ4n) is 31.1. The fourth-order valence-corrected chi connectivity index (χ4v) is 33.4. The molecule has 0 N–H and O–H groups in total. The van der Waals surface area contributed by atoms with Gasteiger partial charge in [0, 0.05) is 37.5 Å². The summed E-state index contributed by atoms with van der Waals surface area (Å²) in [4.78, 5) is 10.6. The maximum Gasteiger partial charge on any atom is 0.146 e. The molecule has 0 amide bonds. The van der Waals surface area contributed by atoms with Crippen molar-refractivity contribution in [3.05, 3.63) is 25.7 Å². The van der Waals surface area contributed by atoms with Crippen LogP contribution in [0.4, 0.5) is 0 Å². The molecule has 446 valence electrons. The molecule has 12 heteroatoms. The third-order valence-corrected chi connectivity index (χ3v) is 34.0. The monoisotopic (exact) mass is 1320 g/mol. The number of nitrogens with zero attached hydrogens (tertiary/aromatic N) is 7. The predicted molar refractivity (Wildman–Crippen MR) is 342 cm³/mol. The molecule has 0 saturated heterocycles. The molecule has 0 aromatic rings. The molecule has 0 aromatic heterocycles. The molecule has 0 aromatic carbocycles. The third-order valence-electron chi connectivity index (χ3n) is 31.6. The van der Waals surface area contributed by atoms with Crippen LogP contribution in [0.25, 0.3) is 25.7 Å². The zero-order chi connectivity index (χ0) is 55.6. The first-order valence-electron chi connectivity index (χ1n) is 33.3. The van der Waals surface area contributed by atoms with E-state index in [0.29, 0.717) is 31.4 Å². The van der Waals surface area contributed by atoms with Crippen molar-refractivity contribution in [3.8, 4) is 0 Å². The van der Waals surface area contributed by atoms with Crippen molar-refractivity contribution < 1.29 is 0 Å². The second-order valence-electron chi connectivity index (χ2n) is 38.4. The summed E-state index contributed by atoms with van der Waals surface area (Å²) in [5.41, 5.74) is 22.6. The highest BCUT2D eigenvalue weighted by Crippen LogP contribution is 2.83. The highest BCUT2D eigenvalue weighted by atomic mass is 80.9. The van der Waals surface area contributed by atoms with Gasteiger partial charge in [-0.05, 0) is 331 Å². The Kier molecular flexibility index (Phi) is 13.2. The van der Waals surface area contributed by atoms with E-state index in [1.807, 2.05) is 19.6 Å². The molecule has 0 aliphatic heterocycles. The number of hydrogen-bond acceptors (Lipinski definition) is 2. The summed E-state index contributed by atoms with van der Waals surface area (Å²) in [6.07, 6.45) is 35.7. The van der Waals surface area contributed by atoms with Gasteiger partial charge in [-0.1, -0.05) is 110 Å². The summed E-state index contributed by atoms with van der Waals surface area (Å²) in [7, 11) is -1.45. The van der Waals surface area contributed by atoms with Gasteiger partial charge in [0.25, 0.3) is 0 Å². The first kappa shape index (κ1) is 58.2. The van der Waals surface area contributed by atoms with Crippen molar-refractivity contribution in [1.29, 1.82) is 0 Å². The summed E-state index contributed by atoms with van der Waals surface area (Å²) in [5.74, 6) is 21.2. The molecule has 28 aliphatic carbocycles. The van der Waals surface area contributed by atoms with E-state index in [1.54, 1.807) is 70.6 Å². The summed E-state index contributed by atoms with van der Waals surface area (Å²) in [6.45, 7) is 26.5. The van der Waals surface area contributed by atoms with Crippen LogP contribution in [0, 0.1) is 168 Å². The van der Waals surface area contributed by atoms with E-state index >= 15 is 0 Å². The van der Waals surface area contributed by atoms with Crippen molar-refractivity contribution in [2.75, 3.05) is 0 Å². The molecular weight excluding hydrogens is 1220 g/mol. The van der Waals surface area contributed by atoms with Gasteiger partial charge in [0.05, 0.1) is 5.54 Å². The van der Waals surface area contributed by atoms with E-state index in [-0.39, 0.29) is 18.5 Å². The molecule has 32 bridgehead atoms. The summed E-state index contributed by atoms with van der Waals surface area (Å²) in [5, 5.41) is 4.51. The van der Waals surface area contributed by atoms with Gasteiger partial charge >= 0.3 is 0 Å². The fraction of sp³-hybridized carbons (Fsp3) is 1.00.